The van der Waals surface area contributed by atoms with Crippen molar-refractivity contribution >= 4 is 16.9 Å². The number of carbonyl (C=O) groups is 1. The Morgan fingerprint density at radius 1 is 1.26 bits per heavy atom. The van der Waals surface area contributed by atoms with E-state index in [4.69, 9.17) is 9.84 Å². The lowest BCUT2D eigenvalue weighted by atomic mass is 9.83. The number of aromatic nitrogens is 1. The lowest BCUT2D eigenvalue weighted by Crippen LogP contribution is -2.18. The van der Waals surface area contributed by atoms with E-state index in [1.165, 1.54) is 6.42 Å². The summed E-state index contributed by atoms with van der Waals surface area (Å²) < 4.78 is 5.44. The minimum atomic E-state index is -1.46. The van der Waals surface area contributed by atoms with Crippen molar-refractivity contribution in [3.05, 3.63) is 33.6 Å². The van der Waals surface area contributed by atoms with Crippen LogP contribution in [0.2, 0.25) is 0 Å². The highest BCUT2D eigenvalue weighted by atomic mass is 16.5. The number of rotatable bonds is 3. The summed E-state index contributed by atoms with van der Waals surface area (Å²) in [6.07, 6.45) is 5.67. The van der Waals surface area contributed by atoms with Gasteiger partial charge in [0.2, 0.25) is 0 Å². The van der Waals surface area contributed by atoms with Gasteiger partial charge >= 0.3 is 5.97 Å². The van der Waals surface area contributed by atoms with E-state index in [2.05, 4.69) is 4.98 Å². The fourth-order valence-electron chi connectivity index (χ4n) is 3.43. The molecule has 6 heteroatoms. The van der Waals surface area contributed by atoms with Gasteiger partial charge in [0, 0.05) is 5.39 Å². The summed E-state index contributed by atoms with van der Waals surface area (Å²) in [5.41, 5.74) is -0.0241. The first kappa shape index (κ1) is 15.4. The van der Waals surface area contributed by atoms with E-state index in [-0.39, 0.29) is 5.39 Å². The largest absolute Gasteiger partial charge is 0.506 e. The highest BCUT2D eigenvalue weighted by Crippen LogP contribution is 2.40. The fourth-order valence-corrected chi connectivity index (χ4v) is 3.43. The molecule has 1 aromatic carbocycles. The number of fused-ring (bicyclic) bond motifs is 1. The molecule has 0 amide bonds. The third kappa shape index (κ3) is 2.65. The van der Waals surface area contributed by atoms with Gasteiger partial charge in [-0.25, -0.2) is 4.79 Å². The smallest absolute Gasteiger partial charge is 0.345 e. The Balaban J connectivity index is 2.23. The van der Waals surface area contributed by atoms with Crippen molar-refractivity contribution in [2.24, 2.45) is 0 Å². The van der Waals surface area contributed by atoms with Gasteiger partial charge in [0.15, 0.2) is 5.56 Å². The standard InChI is InChI=1S/C17H19NO5/c1-23-13-8-11-12(7-10(13)9-5-3-2-4-6-9)18-16(20)14(15(11)19)17(21)22/h7-9H,2-6H2,1H3,(H,21,22)(H2,18,19,20). The van der Waals surface area contributed by atoms with Crippen molar-refractivity contribution in [2.75, 3.05) is 7.11 Å². The second kappa shape index (κ2) is 5.95. The van der Waals surface area contributed by atoms with Gasteiger partial charge in [-0.3, -0.25) is 4.79 Å². The first-order valence-electron chi connectivity index (χ1n) is 7.73. The number of methoxy groups -OCH3 is 1. The lowest BCUT2D eigenvalue weighted by molar-refractivity contribution is 0.0692. The zero-order valence-corrected chi connectivity index (χ0v) is 12.9. The fraction of sp³-hybridized carbons (Fsp3) is 0.412. The average Bonchev–Trinajstić information content (AvgIpc) is 2.54. The van der Waals surface area contributed by atoms with E-state index in [9.17, 15) is 14.7 Å². The Bertz CT molecular complexity index is 818. The molecule has 0 saturated heterocycles. The van der Waals surface area contributed by atoms with Gasteiger partial charge in [0.1, 0.15) is 11.5 Å². The minimum Gasteiger partial charge on any atom is -0.506 e. The molecule has 2 aromatic rings. The van der Waals surface area contributed by atoms with E-state index < -0.39 is 22.8 Å². The van der Waals surface area contributed by atoms with E-state index >= 15 is 0 Å². The number of aromatic hydroxyl groups is 1. The molecule has 1 aromatic heterocycles. The van der Waals surface area contributed by atoms with Gasteiger partial charge in [-0.1, -0.05) is 19.3 Å². The summed E-state index contributed by atoms with van der Waals surface area (Å²) in [6, 6.07) is 3.41. The van der Waals surface area contributed by atoms with Gasteiger partial charge < -0.3 is 19.9 Å². The first-order chi connectivity index (χ1) is 11.0. The number of aromatic amines is 1. The number of benzene rings is 1. The molecular formula is C17H19NO5. The van der Waals surface area contributed by atoms with Gasteiger partial charge in [-0.05, 0) is 36.5 Å². The maximum absolute atomic E-state index is 11.9. The molecule has 1 aliphatic rings. The van der Waals surface area contributed by atoms with Crippen molar-refractivity contribution in [3.8, 4) is 11.5 Å². The minimum absolute atomic E-state index is 0.276. The normalized spacial score (nSPS) is 15.7. The monoisotopic (exact) mass is 317 g/mol. The molecule has 3 rings (SSSR count). The molecule has 0 aliphatic heterocycles. The first-order valence-corrected chi connectivity index (χ1v) is 7.73. The number of hydrogen-bond acceptors (Lipinski definition) is 4. The number of aromatic carboxylic acids is 1. The number of ether oxygens (including phenoxy) is 1. The van der Waals surface area contributed by atoms with Crippen LogP contribution in [0.4, 0.5) is 0 Å². The van der Waals surface area contributed by atoms with Crippen LogP contribution in [0.5, 0.6) is 11.5 Å². The van der Waals surface area contributed by atoms with Crippen molar-refractivity contribution < 1.29 is 19.7 Å². The topological polar surface area (TPSA) is 99.6 Å². The third-order valence-corrected chi connectivity index (χ3v) is 4.60. The molecule has 0 unspecified atom stereocenters. The van der Waals surface area contributed by atoms with Crippen LogP contribution in [-0.2, 0) is 0 Å². The van der Waals surface area contributed by atoms with Crippen LogP contribution in [0, 0.1) is 0 Å². The Kier molecular flexibility index (Phi) is 3.98. The summed E-state index contributed by atoms with van der Waals surface area (Å²) in [5, 5.41) is 19.5. The summed E-state index contributed by atoms with van der Waals surface area (Å²) in [4.78, 5) is 25.6. The van der Waals surface area contributed by atoms with Crippen LogP contribution >= 0.6 is 0 Å². The molecule has 23 heavy (non-hydrogen) atoms. The van der Waals surface area contributed by atoms with Crippen LogP contribution in [0.1, 0.15) is 53.9 Å². The zero-order chi connectivity index (χ0) is 16.6. The van der Waals surface area contributed by atoms with Crippen molar-refractivity contribution in [2.45, 2.75) is 38.0 Å². The molecule has 122 valence electrons. The highest BCUT2D eigenvalue weighted by molar-refractivity contribution is 5.99. The van der Waals surface area contributed by atoms with E-state index in [0.717, 1.165) is 31.2 Å². The number of nitrogens with one attached hydrogen (secondary N) is 1. The summed E-state index contributed by atoms with van der Waals surface area (Å²) in [6.45, 7) is 0. The predicted molar refractivity (Wildman–Crippen MR) is 85.6 cm³/mol. The number of carboxylic acid groups (broad SMARTS) is 1. The van der Waals surface area contributed by atoms with Gasteiger partial charge in [-0.15, -0.1) is 0 Å². The zero-order valence-electron chi connectivity index (χ0n) is 12.9. The Labute approximate surface area is 132 Å². The molecule has 1 fully saturated rings. The van der Waals surface area contributed by atoms with E-state index in [0.29, 0.717) is 17.2 Å². The Morgan fingerprint density at radius 2 is 1.96 bits per heavy atom. The molecule has 0 atom stereocenters. The van der Waals surface area contributed by atoms with Crippen LogP contribution in [0.3, 0.4) is 0 Å². The molecular weight excluding hydrogens is 298 g/mol. The Morgan fingerprint density at radius 3 is 2.57 bits per heavy atom. The highest BCUT2D eigenvalue weighted by Gasteiger charge is 2.23. The maximum Gasteiger partial charge on any atom is 0.345 e. The molecule has 1 heterocycles. The molecule has 0 spiro atoms. The van der Waals surface area contributed by atoms with Gasteiger partial charge in [0.25, 0.3) is 5.56 Å². The quantitative estimate of drug-likeness (QED) is 0.808. The molecule has 0 bridgehead atoms. The van der Waals surface area contributed by atoms with Gasteiger partial charge in [0.05, 0.1) is 12.6 Å². The summed E-state index contributed by atoms with van der Waals surface area (Å²) in [5.74, 6) is -1.01. The number of pyridine rings is 1. The summed E-state index contributed by atoms with van der Waals surface area (Å²) >= 11 is 0. The van der Waals surface area contributed by atoms with Gasteiger partial charge in [-0.2, -0.15) is 0 Å². The second-order valence-electron chi connectivity index (χ2n) is 5.96. The Hall–Kier alpha value is -2.50. The molecule has 1 aliphatic carbocycles. The molecule has 3 N–H and O–H groups in total. The lowest BCUT2D eigenvalue weighted by Gasteiger charge is -2.24. The van der Waals surface area contributed by atoms with Crippen LogP contribution in [0.25, 0.3) is 10.9 Å². The van der Waals surface area contributed by atoms with Crippen molar-refractivity contribution in [3.63, 3.8) is 0 Å². The van der Waals surface area contributed by atoms with Crippen LogP contribution in [0.15, 0.2) is 16.9 Å². The second-order valence-corrected chi connectivity index (χ2v) is 5.96. The van der Waals surface area contributed by atoms with E-state index in [1.807, 2.05) is 0 Å². The number of carboxylic acids is 1. The van der Waals surface area contributed by atoms with Crippen LogP contribution < -0.4 is 10.3 Å². The maximum atomic E-state index is 11.9. The SMILES string of the molecule is COc1cc2c(O)c(C(=O)O)c(=O)[nH]c2cc1C1CCCCC1. The van der Waals surface area contributed by atoms with Crippen molar-refractivity contribution in [1.29, 1.82) is 0 Å². The molecule has 1 saturated carbocycles. The number of hydrogen-bond donors (Lipinski definition) is 3. The number of H-pyrrole nitrogens is 1. The van der Waals surface area contributed by atoms with Crippen molar-refractivity contribution in [1.82, 2.24) is 4.98 Å². The molecule has 6 nitrogen and oxygen atoms in total. The summed E-state index contributed by atoms with van der Waals surface area (Å²) in [7, 11) is 1.55. The average molecular weight is 317 g/mol. The molecule has 0 radical (unpaired) electrons. The van der Waals surface area contributed by atoms with Crippen LogP contribution in [-0.4, -0.2) is 28.3 Å². The third-order valence-electron chi connectivity index (χ3n) is 4.60. The van der Waals surface area contributed by atoms with E-state index in [1.54, 1.807) is 19.2 Å². The predicted octanol–water partition coefficient (Wildman–Crippen LogP) is 2.99.